The van der Waals surface area contributed by atoms with Crippen molar-refractivity contribution >= 4 is 12.3 Å². The third kappa shape index (κ3) is 3.41. The quantitative estimate of drug-likeness (QED) is 0.591. The van der Waals surface area contributed by atoms with Crippen LogP contribution < -0.4 is 5.32 Å². The standard InChI is InChI=1S/C11H20N4O2/c16-10-14-7-5-13(6-8-14)9-11(17)15-3-1-12-2-4-15/h10,12H,1-9H2. The van der Waals surface area contributed by atoms with Gasteiger partial charge in [-0.3, -0.25) is 14.5 Å². The van der Waals surface area contributed by atoms with Gasteiger partial charge in [0.1, 0.15) is 0 Å². The van der Waals surface area contributed by atoms with Crippen molar-refractivity contribution in [2.45, 2.75) is 0 Å². The molecule has 6 nitrogen and oxygen atoms in total. The predicted molar refractivity (Wildman–Crippen MR) is 63.5 cm³/mol. The fourth-order valence-electron chi connectivity index (χ4n) is 2.23. The van der Waals surface area contributed by atoms with Gasteiger partial charge in [-0.2, -0.15) is 0 Å². The molecule has 2 heterocycles. The van der Waals surface area contributed by atoms with E-state index in [1.54, 1.807) is 4.90 Å². The molecule has 0 saturated carbocycles. The third-order valence-electron chi connectivity index (χ3n) is 3.38. The molecule has 0 bridgehead atoms. The lowest BCUT2D eigenvalue weighted by atomic mass is 10.3. The second-order valence-electron chi connectivity index (χ2n) is 4.55. The summed E-state index contributed by atoms with van der Waals surface area (Å²) < 4.78 is 0. The number of amides is 2. The molecule has 2 amide bonds. The molecule has 0 aromatic heterocycles. The van der Waals surface area contributed by atoms with Gasteiger partial charge in [-0.1, -0.05) is 0 Å². The van der Waals surface area contributed by atoms with Gasteiger partial charge in [-0.25, -0.2) is 0 Å². The molecule has 2 rings (SSSR count). The molecule has 0 atom stereocenters. The Morgan fingerprint density at radius 2 is 1.71 bits per heavy atom. The fourth-order valence-corrected chi connectivity index (χ4v) is 2.23. The van der Waals surface area contributed by atoms with E-state index in [0.717, 1.165) is 58.8 Å². The number of hydrogen-bond donors (Lipinski definition) is 1. The van der Waals surface area contributed by atoms with Gasteiger partial charge in [0.15, 0.2) is 0 Å². The van der Waals surface area contributed by atoms with E-state index in [4.69, 9.17) is 0 Å². The number of piperazine rings is 2. The van der Waals surface area contributed by atoms with Crippen molar-refractivity contribution in [2.24, 2.45) is 0 Å². The minimum atomic E-state index is 0.214. The molecule has 0 unspecified atom stereocenters. The monoisotopic (exact) mass is 240 g/mol. The van der Waals surface area contributed by atoms with E-state index in [1.165, 1.54) is 0 Å². The summed E-state index contributed by atoms with van der Waals surface area (Å²) in [5, 5.41) is 3.23. The van der Waals surface area contributed by atoms with Crippen molar-refractivity contribution in [3.8, 4) is 0 Å². The van der Waals surface area contributed by atoms with Crippen molar-refractivity contribution in [3.05, 3.63) is 0 Å². The molecule has 2 aliphatic rings. The Labute approximate surface area is 102 Å². The lowest BCUT2D eigenvalue weighted by Gasteiger charge is -2.34. The number of carbonyl (C=O) groups excluding carboxylic acids is 2. The summed E-state index contributed by atoms with van der Waals surface area (Å²) in [6.07, 6.45) is 0.884. The zero-order valence-electron chi connectivity index (χ0n) is 10.1. The molecular formula is C11H20N4O2. The van der Waals surface area contributed by atoms with Gasteiger partial charge < -0.3 is 15.1 Å². The molecule has 0 aliphatic carbocycles. The van der Waals surface area contributed by atoms with E-state index >= 15 is 0 Å². The topological polar surface area (TPSA) is 55.9 Å². The minimum Gasteiger partial charge on any atom is -0.343 e. The maximum absolute atomic E-state index is 12.0. The first kappa shape index (κ1) is 12.3. The molecule has 2 fully saturated rings. The summed E-state index contributed by atoms with van der Waals surface area (Å²) >= 11 is 0. The van der Waals surface area contributed by atoms with Crippen LogP contribution in [0.3, 0.4) is 0 Å². The van der Waals surface area contributed by atoms with Crippen LogP contribution >= 0.6 is 0 Å². The fraction of sp³-hybridized carbons (Fsp3) is 0.818. The van der Waals surface area contributed by atoms with Crippen LogP contribution in [-0.4, -0.2) is 85.9 Å². The zero-order chi connectivity index (χ0) is 12.1. The van der Waals surface area contributed by atoms with Crippen LogP contribution in [0.5, 0.6) is 0 Å². The maximum atomic E-state index is 12.0. The Bertz CT molecular complexity index is 271. The first-order valence-corrected chi connectivity index (χ1v) is 6.20. The molecule has 0 aromatic rings. The van der Waals surface area contributed by atoms with Crippen LogP contribution in [-0.2, 0) is 9.59 Å². The molecule has 17 heavy (non-hydrogen) atoms. The first-order chi connectivity index (χ1) is 8.29. The van der Waals surface area contributed by atoms with Gasteiger partial charge >= 0.3 is 0 Å². The average molecular weight is 240 g/mol. The van der Waals surface area contributed by atoms with Gasteiger partial charge in [0.25, 0.3) is 0 Å². The summed E-state index contributed by atoms with van der Waals surface area (Å²) in [6.45, 7) is 6.98. The smallest absolute Gasteiger partial charge is 0.236 e. The largest absolute Gasteiger partial charge is 0.343 e. The molecule has 0 spiro atoms. The van der Waals surface area contributed by atoms with Gasteiger partial charge in [-0.15, -0.1) is 0 Å². The molecule has 2 aliphatic heterocycles. The SMILES string of the molecule is O=CN1CCN(CC(=O)N2CCNCC2)CC1. The zero-order valence-corrected chi connectivity index (χ0v) is 10.1. The van der Waals surface area contributed by atoms with Gasteiger partial charge in [0.2, 0.25) is 12.3 Å². The molecule has 2 saturated heterocycles. The number of rotatable bonds is 3. The Hall–Kier alpha value is -1.14. The van der Waals surface area contributed by atoms with E-state index in [0.29, 0.717) is 6.54 Å². The first-order valence-electron chi connectivity index (χ1n) is 6.20. The predicted octanol–water partition coefficient (Wildman–Crippen LogP) is -1.81. The number of nitrogens with zero attached hydrogens (tertiary/aromatic N) is 3. The van der Waals surface area contributed by atoms with E-state index < -0.39 is 0 Å². The van der Waals surface area contributed by atoms with Crippen molar-refractivity contribution in [1.82, 2.24) is 20.0 Å². The number of hydrogen-bond acceptors (Lipinski definition) is 4. The highest BCUT2D eigenvalue weighted by atomic mass is 16.2. The van der Waals surface area contributed by atoms with Crippen LogP contribution in [0.25, 0.3) is 0 Å². The lowest BCUT2D eigenvalue weighted by molar-refractivity contribution is -0.133. The highest BCUT2D eigenvalue weighted by Crippen LogP contribution is 2.01. The highest BCUT2D eigenvalue weighted by Gasteiger charge is 2.21. The van der Waals surface area contributed by atoms with E-state index in [-0.39, 0.29) is 5.91 Å². The van der Waals surface area contributed by atoms with Crippen LogP contribution in [0.2, 0.25) is 0 Å². The Kier molecular flexibility index (Phi) is 4.33. The molecule has 0 radical (unpaired) electrons. The van der Waals surface area contributed by atoms with Crippen molar-refractivity contribution in [2.75, 3.05) is 58.9 Å². The van der Waals surface area contributed by atoms with Gasteiger partial charge in [-0.05, 0) is 0 Å². The van der Waals surface area contributed by atoms with Gasteiger partial charge in [0, 0.05) is 52.4 Å². The van der Waals surface area contributed by atoms with Gasteiger partial charge in [0.05, 0.1) is 6.54 Å². The second kappa shape index (κ2) is 5.97. The Morgan fingerprint density at radius 1 is 1.06 bits per heavy atom. The van der Waals surface area contributed by atoms with Crippen LogP contribution in [0.15, 0.2) is 0 Å². The number of carbonyl (C=O) groups is 2. The summed E-state index contributed by atoms with van der Waals surface area (Å²) in [6, 6.07) is 0. The average Bonchev–Trinajstić information content (AvgIpc) is 2.40. The van der Waals surface area contributed by atoms with Crippen molar-refractivity contribution in [3.63, 3.8) is 0 Å². The van der Waals surface area contributed by atoms with Crippen LogP contribution in [0, 0.1) is 0 Å². The second-order valence-corrected chi connectivity index (χ2v) is 4.55. The normalized spacial score (nSPS) is 22.6. The van der Waals surface area contributed by atoms with Crippen molar-refractivity contribution in [1.29, 1.82) is 0 Å². The summed E-state index contributed by atoms with van der Waals surface area (Å²) in [4.78, 5) is 28.4. The highest BCUT2D eigenvalue weighted by molar-refractivity contribution is 5.78. The van der Waals surface area contributed by atoms with Crippen molar-refractivity contribution < 1.29 is 9.59 Å². The Balaban J connectivity index is 1.73. The molecule has 1 N–H and O–H groups in total. The van der Waals surface area contributed by atoms with E-state index in [1.807, 2.05) is 4.90 Å². The van der Waals surface area contributed by atoms with E-state index in [2.05, 4.69) is 10.2 Å². The summed E-state index contributed by atoms with van der Waals surface area (Å²) in [5.74, 6) is 0.214. The third-order valence-corrected chi connectivity index (χ3v) is 3.38. The summed E-state index contributed by atoms with van der Waals surface area (Å²) in [7, 11) is 0. The molecule has 0 aromatic carbocycles. The summed E-state index contributed by atoms with van der Waals surface area (Å²) in [5.41, 5.74) is 0. The lowest BCUT2D eigenvalue weighted by Crippen LogP contribution is -2.52. The maximum Gasteiger partial charge on any atom is 0.236 e. The van der Waals surface area contributed by atoms with Crippen LogP contribution in [0.1, 0.15) is 0 Å². The number of nitrogens with one attached hydrogen (secondary N) is 1. The van der Waals surface area contributed by atoms with E-state index in [9.17, 15) is 9.59 Å². The molecule has 96 valence electrons. The molecular weight excluding hydrogens is 220 g/mol. The minimum absolute atomic E-state index is 0.214. The Morgan fingerprint density at radius 3 is 2.29 bits per heavy atom. The van der Waals surface area contributed by atoms with Crippen LogP contribution in [0.4, 0.5) is 0 Å². The molecule has 6 heteroatoms.